The zero-order chi connectivity index (χ0) is 13.1. The lowest BCUT2D eigenvalue weighted by Crippen LogP contribution is -2.13. The lowest BCUT2D eigenvalue weighted by Gasteiger charge is -2.05. The van der Waals surface area contributed by atoms with Gasteiger partial charge in [-0.05, 0) is 18.2 Å². The molecule has 0 unspecified atom stereocenters. The predicted octanol–water partition coefficient (Wildman–Crippen LogP) is 1.13. The molecule has 3 N–H and O–H groups in total. The molecule has 1 aromatic carbocycles. The number of hydrogen-bond acceptors (Lipinski definition) is 4. The summed E-state index contributed by atoms with van der Waals surface area (Å²) < 4.78 is 1.67. The molecule has 1 aromatic heterocycles. The van der Waals surface area contributed by atoms with E-state index in [4.69, 9.17) is 11.0 Å². The number of amides is 1. The molecule has 1 amide bonds. The Morgan fingerprint density at radius 1 is 1.56 bits per heavy atom. The lowest BCUT2D eigenvalue weighted by atomic mass is 10.1. The van der Waals surface area contributed by atoms with Crippen LogP contribution in [-0.2, 0) is 7.05 Å². The number of nitrogens with zero attached hydrogens (tertiary/aromatic N) is 3. The molecule has 0 aliphatic rings. The molecule has 0 fully saturated rings. The number of carbonyl (C=O) groups excluding carboxylic acids is 1. The fraction of sp³-hybridized carbons (Fsp3) is 0.0833. The highest BCUT2D eigenvalue weighted by atomic mass is 16.1. The van der Waals surface area contributed by atoms with Crippen LogP contribution >= 0.6 is 0 Å². The number of nitrogens with two attached hydrogens (primary N) is 1. The van der Waals surface area contributed by atoms with E-state index < -0.39 is 0 Å². The Kier molecular flexibility index (Phi) is 2.98. The molecular weight excluding hydrogens is 230 g/mol. The number of rotatable bonds is 2. The van der Waals surface area contributed by atoms with Crippen LogP contribution in [0.3, 0.4) is 0 Å². The van der Waals surface area contributed by atoms with Crippen LogP contribution in [0.4, 0.5) is 11.4 Å². The van der Waals surface area contributed by atoms with Gasteiger partial charge in [0.1, 0.15) is 11.8 Å². The fourth-order valence-electron chi connectivity index (χ4n) is 1.48. The van der Waals surface area contributed by atoms with Crippen LogP contribution < -0.4 is 11.1 Å². The van der Waals surface area contributed by atoms with Gasteiger partial charge >= 0.3 is 0 Å². The maximum atomic E-state index is 11.9. The first-order chi connectivity index (χ1) is 8.60. The molecule has 0 aliphatic carbocycles. The Hall–Kier alpha value is -2.81. The molecule has 0 bridgehead atoms. The highest BCUT2D eigenvalue weighted by Gasteiger charge is 2.11. The summed E-state index contributed by atoms with van der Waals surface area (Å²) in [5, 5.41) is 11.6. The molecule has 18 heavy (non-hydrogen) atoms. The molecule has 2 rings (SSSR count). The van der Waals surface area contributed by atoms with Crippen LogP contribution in [0, 0.1) is 11.3 Å². The summed E-state index contributed by atoms with van der Waals surface area (Å²) in [5.74, 6) is -0.364. The second kappa shape index (κ2) is 4.59. The van der Waals surface area contributed by atoms with E-state index in [0.29, 0.717) is 22.6 Å². The van der Waals surface area contributed by atoms with Gasteiger partial charge in [-0.25, -0.2) is 4.98 Å². The van der Waals surface area contributed by atoms with E-state index in [1.54, 1.807) is 29.9 Å². The van der Waals surface area contributed by atoms with Gasteiger partial charge in [-0.15, -0.1) is 0 Å². The van der Waals surface area contributed by atoms with Crippen LogP contribution in [0.25, 0.3) is 0 Å². The van der Waals surface area contributed by atoms with E-state index in [0.717, 1.165) is 0 Å². The molecule has 0 spiro atoms. The molecule has 2 aromatic rings. The minimum atomic E-state index is -0.364. The van der Waals surface area contributed by atoms with Gasteiger partial charge in [0.05, 0.1) is 17.6 Å². The third kappa shape index (κ3) is 2.30. The average Bonchev–Trinajstić information content (AvgIpc) is 2.78. The molecular formula is C12H11N5O. The topological polar surface area (TPSA) is 96.7 Å². The summed E-state index contributed by atoms with van der Waals surface area (Å²) in [6.45, 7) is 0. The maximum absolute atomic E-state index is 11.9. The molecule has 6 heteroatoms. The predicted molar refractivity (Wildman–Crippen MR) is 66.7 cm³/mol. The Balaban J connectivity index is 2.25. The standard InChI is InChI=1S/C12H11N5O/c1-17-6-11(15-7-17)12(18)16-10-3-2-9(14)4-8(10)5-13/h2-4,6-7H,14H2,1H3,(H,16,18). The number of nitrogens with one attached hydrogen (secondary N) is 1. The summed E-state index contributed by atoms with van der Waals surface area (Å²) in [4.78, 5) is 15.8. The third-order valence-electron chi connectivity index (χ3n) is 2.35. The SMILES string of the molecule is Cn1cnc(C(=O)Nc2ccc(N)cc2C#N)c1. The number of aryl methyl sites for hydroxylation is 1. The van der Waals surface area contributed by atoms with Crippen molar-refractivity contribution >= 4 is 17.3 Å². The van der Waals surface area contributed by atoms with E-state index in [9.17, 15) is 4.79 Å². The molecule has 1 heterocycles. The van der Waals surface area contributed by atoms with E-state index in [1.165, 1.54) is 12.4 Å². The lowest BCUT2D eigenvalue weighted by molar-refractivity contribution is 0.102. The molecule has 0 atom stereocenters. The van der Waals surface area contributed by atoms with Crippen LogP contribution in [0.2, 0.25) is 0 Å². The number of carbonyl (C=O) groups is 1. The fourth-order valence-corrected chi connectivity index (χ4v) is 1.48. The summed E-state index contributed by atoms with van der Waals surface area (Å²) in [7, 11) is 1.77. The molecule has 6 nitrogen and oxygen atoms in total. The van der Waals surface area contributed by atoms with E-state index in [1.807, 2.05) is 6.07 Å². The van der Waals surface area contributed by atoms with E-state index >= 15 is 0 Å². The van der Waals surface area contributed by atoms with Crippen LogP contribution in [0.1, 0.15) is 16.1 Å². The first-order valence-corrected chi connectivity index (χ1v) is 5.19. The molecule has 0 aliphatic heterocycles. The zero-order valence-corrected chi connectivity index (χ0v) is 9.71. The summed E-state index contributed by atoms with van der Waals surface area (Å²) in [6.07, 6.45) is 3.13. The van der Waals surface area contributed by atoms with Crippen molar-refractivity contribution in [3.63, 3.8) is 0 Å². The number of anilines is 2. The van der Waals surface area contributed by atoms with Crippen molar-refractivity contribution < 1.29 is 4.79 Å². The monoisotopic (exact) mass is 241 g/mol. The number of aromatic nitrogens is 2. The quantitative estimate of drug-likeness (QED) is 0.770. The van der Waals surface area contributed by atoms with Crippen molar-refractivity contribution in [2.45, 2.75) is 0 Å². The van der Waals surface area contributed by atoms with Crippen LogP contribution in [0.5, 0.6) is 0 Å². The van der Waals surface area contributed by atoms with Crippen molar-refractivity contribution in [2.75, 3.05) is 11.1 Å². The Morgan fingerprint density at radius 2 is 2.33 bits per heavy atom. The van der Waals surface area contributed by atoms with Crippen LogP contribution in [-0.4, -0.2) is 15.5 Å². The second-order valence-corrected chi connectivity index (χ2v) is 3.80. The Bertz CT molecular complexity index is 638. The Morgan fingerprint density at radius 3 is 2.94 bits per heavy atom. The molecule has 90 valence electrons. The number of hydrogen-bond donors (Lipinski definition) is 2. The zero-order valence-electron chi connectivity index (χ0n) is 9.71. The normalized spacial score (nSPS) is 9.78. The first kappa shape index (κ1) is 11.7. The van der Waals surface area contributed by atoms with E-state index in [2.05, 4.69) is 10.3 Å². The van der Waals surface area contributed by atoms with Crippen molar-refractivity contribution in [2.24, 2.45) is 7.05 Å². The number of imidazole rings is 1. The number of nitriles is 1. The summed E-state index contributed by atoms with van der Waals surface area (Å²) >= 11 is 0. The summed E-state index contributed by atoms with van der Waals surface area (Å²) in [5.41, 5.74) is 7.07. The molecule has 0 saturated carbocycles. The van der Waals surface area contributed by atoms with Gasteiger partial charge in [-0.1, -0.05) is 0 Å². The van der Waals surface area contributed by atoms with Gasteiger partial charge in [-0.3, -0.25) is 4.79 Å². The summed E-state index contributed by atoms with van der Waals surface area (Å²) in [6, 6.07) is 6.70. The van der Waals surface area contributed by atoms with Crippen molar-refractivity contribution in [1.29, 1.82) is 5.26 Å². The van der Waals surface area contributed by atoms with Gasteiger partial charge in [0.15, 0.2) is 0 Å². The highest BCUT2D eigenvalue weighted by molar-refractivity contribution is 6.03. The second-order valence-electron chi connectivity index (χ2n) is 3.80. The minimum Gasteiger partial charge on any atom is -0.399 e. The molecule has 0 saturated heterocycles. The van der Waals surface area contributed by atoms with Gasteiger partial charge in [-0.2, -0.15) is 5.26 Å². The van der Waals surface area contributed by atoms with Crippen molar-refractivity contribution in [3.8, 4) is 6.07 Å². The first-order valence-electron chi connectivity index (χ1n) is 5.19. The highest BCUT2D eigenvalue weighted by Crippen LogP contribution is 2.18. The smallest absolute Gasteiger partial charge is 0.275 e. The molecule has 0 radical (unpaired) electrons. The maximum Gasteiger partial charge on any atom is 0.275 e. The van der Waals surface area contributed by atoms with Gasteiger partial charge < -0.3 is 15.6 Å². The van der Waals surface area contributed by atoms with Gasteiger partial charge in [0.25, 0.3) is 5.91 Å². The van der Waals surface area contributed by atoms with Crippen LogP contribution in [0.15, 0.2) is 30.7 Å². The number of benzene rings is 1. The van der Waals surface area contributed by atoms with Crippen molar-refractivity contribution in [1.82, 2.24) is 9.55 Å². The van der Waals surface area contributed by atoms with Gasteiger partial charge in [0, 0.05) is 18.9 Å². The van der Waals surface area contributed by atoms with E-state index in [-0.39, 0.29) is 5.91 Å². The van der Waals surface area contributed by atoms with Crippen molar-refractivity contribution in [3.05, 3.63) is 42.0 Å². The van der Waals surface area contributed by atoms with Gasteiger partial charge in [0.2, 0.25) is 0 Å². The largest absolute Gasteiger partial charge is 0.399 e. The average molecular weight is 241 g/mol. The number of nitrogen functional groups attached to an aromatic ring is 1. The Labute approximate surface area is 104 Å². The third-order valence-corrected chi connectivity index (χ3v) is 2.35. The minimum absolute atomic E-state index is 0.290.